The predicted octanol–water partition coefficient (Wildman–Crippen LogP) is 8.64. The standard InChI is InChI=1S/C32H31F7N2O6.C2H6/c1-3-5-24(19-6-8-21(9-7-19)29(43)40-17-16-27(42)45-4-2)28(20-10-12-22(13-11-20)46-31(34,35)36)30(44)41-26-15-14-23(18-25(26)33)47-32(37,38)39;1-2/h6-15,18,24,28H,3-5,16-17H2,1-2H3,(H,40,43)(H,41,44);1-2H3. The van der Waals surface area contributed by atoms with Crippen LogP contribution in [-0.4, -0.2) is 43.7 Å². The van der Waals surface area contributed by atoms with Crippen LogP contribution >= 0.6 is 0 Å². The number of halogens is 7. The number of ether oxygens (including phenoxy) is 3. The number of esters is 1. The number of hydrogen-bond acceptors (Lipinski definition) is 6. The summed E-state index contributed by atoms with van der Waals surface area (Å²) >= 11 is 0. The zero-order chi connectivity index (χ0) is 36.8. The number of anilines is 1. The van der Waals surface area contributed by atoms with Crippen molar-refractivity contribution in [2.75, 3.05) is 18.5 Å². The minimum atomic E-state index is -5.07. The van der Waals surface area contributed by atoms with Crippen molar-refractivity contribution in [3.8, 4) is 11.5 Å². The number of alkyl halides is 6. The van der Waals surface area contributed by atoms with Crippen LogP contribution in [0.2, 0.25) is 0 Å². The van der Waals surface area contributed by atoms with Crippen molar-refractivity contribution in [3.63, 3.8) is 0 Å². The molecule has 0 spiro atoms. The molecule has 2 unspecified atom stereocenters. The summed E-state index contributed by atoms with van der Waals surface area (Å²) in [5.41, 5.74) is 0.566. The zero-order valence-corrected chi connectivity index (χ0v) is 27.1. The van der Waals surface area contributed by atoms with Gasteiger partial charge in [-0.1, -0.05) is 51.5 Å². The van der Waals surface area contributed by atoms with Gasteiger partial charge in [-0.15, -0.1) is 26.3 Å². The molecule has 2 atom stereocenters. The molecule has 0 heterocycles. The van der Waals surface area contributed by atoms with Gasteiger partial charge in [0.1, 0.15) is 17.3 Å². The van der Waals surface area contributed by atoms with Crippen LogP contribution in [0.15, 0.2) is 66.7 Å². The number of hydrogen-bond donors (Lipinski definition) is 2. The van der Waals surface area contributed by atoms with Crippen LogP contribution in [0.25, 0.3) is 0 Å². The Morgan fingerprint density at radius 2 is 1.33 bits per heavy atom. The van der Waals surface area contributed by atoms with Gasteiger partial charge < -0.3 is 24.8 Å². The molecular formula is C34H37F7N2O6. The molecule has 2 N–H and O–H groups in total. The van der Waals surface area contributed by atoms with Gasteiger partial charge in [0.25, 0.3) is 5.91 Å². The molecule has 8 nitrogen and oxygen atoms in total. The molecule has 0 aliphatic rings. The molecule has 0 fully saturated rings. The summed E-state index contributed by atoms with van der Waals surface area (Å²) in [5.74, 6) is -6.18. The molecule has 3 aromatic carbocycles. The Morgan fingerprint density at radius 3 is 1.86 bits per heavy atom. The highest BCUT2D eigenvalue weighted by atomic mass is 19.4. The molecule has 15 heteroatoms. The third-order valence-electron chi connectivity index (χ3n) is 6.71. The molecule has 49 heavy (non-hydrogen) atoms. The maximum absolute atomic E-state index is 14.8. The fourth-order valence-corrected chi connectivity index (χ4v) is 4.78. The highest BCUT2D eigenvalue weighted by Crippen LogP contribution is 2.39. The molecular weight excluding hydrogens is 665 g/mol. The Balaban J connectivity index is 0.00000409. The molecule has 0 aromatic heterocycles. The Bertz CT molecular complexity index is 1510. The van der Waals surface area contributed by atoms with Crippen molar-refractivity contribution < 1.29 is 59.3 Å². The summed E-state index contributed by atoms with van der Waals surface area (Å²) in [6.45, 7) is 7.72. The Morgan fingerprint density at radius 1 is 0.776 bits per heavy atom. The molecule has 0 bridgehead atoms. The maximum Gasteiger partial charge on any atom is 0.573 e. The van der Waals surface area contributed by atoms with E-state index in [1.165, 1.54) is 24.3 Å². The maximum atomic E-state index is 14.8. The zero-order valence-electron chi connectivity index (χ0n) is 27.1. The summed E-state index contributed by atoms with van der Waals surface area (Å²) in [4.78, 5) is 37.9. The largest absolute Gasteiger partial charge is 0.573 e. The normalized spacial score (nSPS) is 12.5. The molecule has 0 aliphatic carbocycles. The van der Waals surface area contributed by atoms with E-state index in [1.807, 2.05) is 20.8 Å². The summed E-state index contributed by atoms with van der Waals surface area (Å²) in [6, 6.07) is 12.8. The number of rotatable bonds is 14. The third-order valence-corrected chi connectivity index (χ3v) is 6.71. The van der Waals surface area contributed by atoms with Crippen LogP contribution in [0.4, 0.5) is 36.4 Å². The second-order valence-electron chi connectivity index (χ2n) is 10.1. The van der Waals surface area contributed by atoms with Gasteiger partial charge in [0.2, 0.25) is 5.91 Å². The molecule has 3 rings (SSSR count). The SMILES string of the molecule is CC.CCCC(c1ccc(C(=O)NCCC(=O)OCC)cc1)C(C(=O)Nc1ccc(OC(F)(F)F)cc1F)c1ccc(OC(F)(F)F)cc1. The van der Waals surface area contributed by atoms with Crippen LogP contribution in [0.1, 0.15) is 80.3 Å². The monoisotopic (exact) mass is 702 g/mol. The average Bonchev–Trinajstić information content (AvgIpc) is 3.02. The first-order valence-electron chi connectivity index (χ1n) is 15.4. The second kappa shape index (κ2) is 18.7. The molecule has 3 aromatic rings. The lowest BCUT2D eigenvalue weighted by molar-refractivity contribution is -0.275. The van der Waals surface area contributed by atoms with E-state index in [-0.39, 0.29) is 30.7 Å². The van der Waals surface area contributed by atoms with E-state index >= 15 is 0 Å². The molecule has 0 aliphatic heterocycles. The van der Waals surface area contributed by atoms with E-state index in [0.29, 0.717) is 24.5 Å². The van der Waals surface area contributed by atoms with E-state index in [9.17, 15) is 45.1 Å². The third kappa shape index (κ3) is 13.3. The summed E-state index contributed by atoms with van der Waals surface area (Å²) in [5, 5.41) is 4.96. The number of carbonyl (C=O) groups excluding carboxylic acids is 3. The minimum Gasteiger partial charge on any atom is -0.466 e. The molecule has 0 radical (unpaired) electrons. The first-order chi connectivity index (χ1) is 23.1. The van der Waals surface area contributed by atoms with Gasteiger partial charge >= 0.3 is 18.7 Å². The second-order valence-corrected chi connectivity index (χ2v) is 10.1. The van der Waals surface area contributed by atoms with Crippen LogP contribution in [-0.2, 0) is 14.3 Å². The topological polar surface area (TPSA) is 103 Å². The van der Waals surface area contributed by atoms with Gasteiger partial charge in [0.05, 0.1) is 24.6 Å². The highest BCUT2D eigenvalue weighted by Gasteiger charge is 2.34. The quantitative estimate of drug-likeness (QED) is 0.129. The van der Waals surface area contributed by atoms with Crippen molar-refractivity contribution in [2.24, 2.45) is 0 Å². The Labute approximate surface area is 278 Å². The van der Waals surface area contributed by atoms with Crippen molar-refractivity contribution in [1.82, 2.24) is 5.32 Å². The fourth-order valence-electron chi connectivity index (χ4n) is 4.78. The smallest absolute Gasteiger partial charge is 0.466 e. The van der Waals surface area contributed by atoms with E-state index in [4.69, 9.17) is 4.74 Å². The van der Waals surface area contributed by atoms with Gasteiger partial charge in [-0.2, -0.15) is 0 Å². The summed E-state index contributed by atoms with van der Waals surface area (Å²) < 4.78 is 103. The Hall–Kier alpha value is -4.82. The van der Waals surface area contributed by atoms with Gasteiger partial charge in [0.15, 0.2) is 0 Å². The number of carbonyl (C=O) groups is 3. The minimum absolute atomic E-state index is 0.0293. The summed E-state index contributed by atoms with van der Waals surface area (Å²) in [7, 11) is 0. The molecule has 268 valence electrons. The van der Waals surface area contributed by atoms with E-state index in [0.717, 1.165) is 24.3 Å². The fraction of sp³-hybridized carbons (Fsp3) is 0.382. The number of nitrogens with one attached hydrogen (secondary N) is 2. The average molecular weight is 703 g/mol. The first-order valence-corrected chi connectivity index (χ1v) is 15.4. The van der Waals surface area contributed by atoms with E-state index < -0.39 is 65.3 Å². The van der Waals surface area contributed by atoms with Crippen molar-refractivity contribution in [3.05, 3.63) is 89.2 Å². The van der Waals surface area contributed by atoms with Crippen LogP contribution in [0.3, 0.4) is 0 Å². The van der Waals surface area contributed by atoms with E-state index in [1.54, 1.807) is 19.1 Å². The summed E-state index contributed by atoms with van der Waals surface area (Å²) in [6.07, 6.45) is -9.19. The van der Waals surface area contributed by atoms with Crippen LogP contribution in [0.5, 0.6) is 11.5 Å². The molecule has 2 amide bonds. The Kier molecular flexibility index (Phi) is 15.4. The van der Waals surface area contributed by atoms with Crippen molar-refractivity contribution in [1.29, 1.82) is 0 Å². The lowest BCUT2D eigenvalue weighted by Crippen LogP contribution is -2.28. The lowest BCUT2D eigenvalue weighted by atomic mass is 9.78. The first kappa shape index (κ1) is 40.4. The molecule has 0 saturated carbocycles. The van der Waals surface area contributed by atoms with Gasteiger partial charge in [-0.25, -0.2) is 4.39 Å². The van der Waals surface area contributed by atoms with E-state index in [2.05, 4.69) is 20.1 Å². The van der Waals surface area contributed by atoms with Gasteiger partial charge in [-0.05, 0) is 66.8 Å². The van der Waals surface area contributed by atoms with Crippen molar-refractivity contribution >= 4 is 23.5 Å². The van der Waals surface area contributed by atoms with Gasteiger partial charge in [0, 0.05) is 18.2 Å². The van der Waals surface area contributed by atoms with Crippen LogP contribution < -0.4 is 20.1 Å². The predicted molar refractivity (Wildman–Crippen MR) is 167 cm³/mol. The van der Waals surface area contributed by atoms with Crippen LogP contribution in [0, 0.1) is 5.82 Å². The number of amides is 2. The highest BCUT2D eigenvalue weighted by molar-refractivity contribution is 5.97. The van der Waals surface area contributed by atoms with Gasteiger partial charge in [-0.3, -0.25) is 14.4 Å². The molecule has 0 saturated heterocycles. The lowest BCUT2D eigenvalue weighted by Gasteiger charge is -2.28. The number of benzene rings is 3. The van der Waals surface area contributed by atoms with Crippen molar-refractivity contribution in [2.45, 2.75) is 71.5 Å².